The molecule has 0 aliphatic heterocycles. The lowest BCUT2D eigenvalue weighted by molar-refractivity contribution is -0.150. The quantitative estimate of drug-likeness (QED) is 0.0177. The first-order valence-corrected chi connectivity index (χ1v) is 23.6. The fourth-order valence-electron chi connectivity index (χ4n) is 6.49. The van der Waals surface area contributed by atoms with E-state index in [0.717, 1.165) is 14.1 Å². The van der Waals surface area contributed by atoms with Crippen molar-refractivity contribution in [2.45, 2.75) is 36.8 Å². The van der Waals surface area contributed by atoms with Gasteiger partial charge in [0, 0.05) is 51.6 Å². The lowest BCUT2D eigenvalue weighted by atomic mass is 10.2. The van der Waals surface area contributed by atoms with E-state index in [-0.39, 0.29) is 76.8 Å². The molecule has 0 saturated carbocycles. The number of benzene rings is 4. The van der Waals surface area contributed by atoms with Crippen molar-refractivity contribution in [1.29, 1.82) is 0 Å². The predicted molar refractivity (Wildman–Crippen MR) is 255 cm³/mol. The highest BCUT2D eigenvalue weighted by Crippen LogP contribution is 2.35. The van der Waals surface area contributed by atoms with Gasteiger partial charge in [-0.3, -0.25) is 14.4 Å². The van der Waals surface area contributed by atoms with E-state index in [1.165, 1.54) is 97.1 Å². The van der Waals surface area contributed by atoms with E-state index < -0.39 is 106 Å². The van der Waals surface area contributed by atoms with E-state index >= 15 is 0 Å². The summed E-state index contributed by atoms with van der Waals surface area (Å²) in [6.45, 7) is -3.69. The van der Waals surface area contributed by atoms with E-state index in [2.05, 4.69) is 5.32 Å². The van der Waals surface area contributed by atoms with Gasteiger partial charge in [-0.15, -0.1) is 12.4 Å². The van der Waals surface area contributed by atoms with E-state index in [1.807, 2.05) is 0 Å². The normalized spacial score (nSPS) is 12.9. The topological polar surface area (TPSA) is 362 Å². The van der Waals surface area contributed by atoms with Crippen LogP contribution in [0.5, 0.6) is 11.5 Å². The molecule has 0 bridgehead atoms. The van der Waals surface area contributed by atoms with Gasteiger partial charge in [-0.2, -0.15) is 21.3 Å². The Morgan fingerprint density at radius 2 is 1.06 bits per heavy atom. The summed E-state index contributed by atoms with van der Waals surface area (Å²) in [6.07, 6.45) is -2.50. The van der Waals surface area contributed by atoms with Crippen LogP contribution in [-0.2, 0) is 62.0 Å². The second-order valence-corrected chi connectivity index (χ2v) is 19.4. The maximum Gasteiger partial charge on any atom is 0.343 e. The summed E-state index contributed by atoms with van der Waals surface area (Å²) < 4.78 is 81.4. The zero-order chi connectivity index (χ0) is 51.8. The number of nitrogens with one attached hydrogen (secondary N) is 1. The third-order valence-electron chi connectivity index (χ3n) is 10.1. The zero-order valence-corrected chi connectivity index (χ0v) is 40.6. The molecule has 0 amide bonds. The van der Waals surface area contributed by atoms with Crippen LogP contribution in [0.4, 0.5) is 11.4 Å². The highest BCUT2D eigenvalue weighted by Gasteiger charge is 2.63. The molecular weight excluding hydrogens is 1000 g/mol. The monoisotopic (exact) mass is 1050 g/mol. The molecule has 4 rings (SSSR count). The van der Waals surface area contributed by atoms with Crippen LogP contribution in [0.3, 0.4) is 0 Å². The first-order chi connectivity index (χ1) is 33.0. The van der Waals surface area contributed by atoms with Crippen LogP contribution >= 0.6 is 12.4 Å². The fourth-order valence-corrected chi connectivity index (χ4v) is 10.2. The molecule has 0 heterocycles. The van der Waals surface area contributed by atoms with Gasteiger partial charge in [0.15, 0.2) is 0 Å². The van der Waals surface area contributed by atoms with Crippen molar-refractivity contribution in [1.82, 2.24) is 18.2 Å². The number of nitrogens with zero attached hydrogens (tertiary/aromatic N) is 3. The van der Waals surface area contributed by atoms with Crippen LogP contribution in [0, 0.1) is 0 Å². The Hall–Kier alpha value is -6.75. The van der Waals surface area contributed by atoms with Gasteiger partial charge in [0.1, 0.15) is 17.5 Å². The second-order valence-electron chi connectivity index (χ2n) is 15.2. The summed E-state index contributed by atoms with van der Waals surface area (Å²) in [5.74, 6) is -8.48. The lowest BCUT2D eigenvalue weighted by Crippen LogP contribution is -2.67. The number of halogens is 1. The second kappa shape index (κ2) is 26.5. The SMILES string of the molecule is CN(Cc1ccc(OC(=O)c2ccc(N)cc2)cc1)S(=O)(=O)N(CCOCCOCCNC(CC(=O)O)C(=O)O)[C@](CC(=O)O)(C(=O)O)S(=O)(=O)N(C)Cc1ccc(OC(=O)c2ccc(N)cc2)cc1.Cl. The molecule has 24 nitrogen and oxygen atoms in total. The minimum absolute atomic E-state index is 0. The number of rotatable bonds is 29. The van der Waals surface area contributed by atoms with E-state index in [0.29, 0.717) is 20.0 Å². The van der Waals surface area contributed by atoms with Gasteiger partial charge in [0.05, 0.1) is 50.4 Å². The number of hydrogen-bond acceptors (Lipinski definition) is 17. The van der Waals surface area contributed by atoms with E-state index in [4.69, 9.17) is 35.5 Å². The molecule has 2 atom stereocenters. The van der Waals surface area contributed by atoms with Crippen LogP contribution in [0.2, 0.25) is 0 Å². The zero-order valence-electron chi connectivity index (χ0n) is 38.1. The van der Waals surface area contributed by atoms with E-state index in [1.54, 1.807) is 0 Å². The van der Waals surface area contributed by atoms with Crippen molar-refractivity contribution in [3.63, 3.8) is 0 Å². The Labute approximate surface area is 414 Å². The third-order valence-corrected chi connectivity index (χ3v) is 14.6. The van der Waals surface area contributed by atoms with Gasteiger partial charge in [0.25, 0.3) is 15.1 Å². The molecule has 0 aliphatic carbocycles. The van der Waals surface area contributed by atoms with Crippen molar-refractivity contribution in [2.75, 3.05) is 65.1 Å². The Bertz CT molecular complexity index is 2700. The highest BCUT2D eigenvalue weighted by molar-refractivity contribution is 7.93. The number of anilines is 2. The largest absolute Gasteiger partial charge is 0.481 e. The average molecular weight is 1050 g/mol. The van der Waals surface area contributed by atoms with Crippen molar-refractivity contribution < 1.29 is 85.0 Å². The lowest BCUT2D eigenvalue weighted by Gasteiger charge is -2.41. The molecule has 0 radical (unpaired) electrons. The minimum atomic E-state index is -5.58. The fraction of sp³-hybridized carbons (Fsp3) is 0.318. The molecule has 0 aromatic heterocycles. The molecule has 71 heavy (non-hydrogen) atoms. The summed E-state index contributed by atoms with van der Waals surface area (Å²) in [5, 5.41) is 41.6. The molecule has 1 unspecified atom stereocenters. The molecular formula is C44H53ClN6O18S2. The van der Waals surface area contributed by atoms with Gasteiger partial charge in [0.2, 0.25) is 10.0 Å². The molecule has 9 N–H and O–H groups in total. The Kier molecular flexibility index (Phi) is 21.8. The van der Waals surface area contributed by atoms with Gasteiger partial charge in [-0.25, -0.2) is 22.8 Å². The maximum absolute atomic E-state index is 14.7. The standard InChI is InChI=1S/C44H52N6O18S2.ClH/c1-48(27-29-3-15-35(16-4-29)67-41(57)31-7-11-33(45)12-8-31)69(61,62)44(43(59)60,26-39(53)54)50(20-22-66-24-23-65-21-19-47-37(40(55)56)25-38(51)52)70(63,64)49(2)28-30-5-17-36(18-6-30)68-42(58)32-9-13-34(46)14-10-32;/h3-18,37,47H,19-28,45-46H2,1-2H3,(H,51,52)(H,53,54)(H,55,56)(H,59,60);1H/t37?,44-;/m0./s1. The van der Waals surface area contributed by atoms with E-state index in [9.17, 15) is 60.9 Å². The minimum Gasteiger partial charge on any atom is -0.481 e. The third kappa shape index (κ3) is 16.1. The van der Waals surface area contributed by atoms with Gasteiger partial charge >= 0.3 is 35.8 Å². The smallest absolute Gasteiger partial charge is 0.343 e. The molecule has 4 aromatic carbocycles. The van der Waals surface area contributed by atoms with Crippen molar-refractivity contribution >= 4 is 79.8 Å². The van der Waals surface area contributed by atoms with Crippen LogP contribution in [0.1, 0.15) is 44.7 Å². The van der Waals surface area contributed by atoms with Crippen LogP contribution < -0.4 is 26.3 Å². The number of esters is 2. The van der Waals surface area contributed by atoms with Crippen LogP contribution in [0.25, 0.3) is 0 Å². The summed E-state index contributed by atoms with van der Waals surface area (Å²) in [6, 6.07) is 21.1. The number of nitrogen functional groups attached to an aromatic ring is 2. The predicted octanol–water partition coefficient (Wildman–Crippen LogP) is 1.96. The molecule has 4 aromatic rings. The number of carbonyl (C=O) groups is 6. The van der Waals surface area contributed by atoms with Gasteiger partial charge in [-0.1, -0.05) is 24.3 Å². The molecule has 386 valence electrons. The molecule has 0 spiro atoms. The molecule has 0 saturated heterocycles. The highest BCUT2D eigenvalue weighted by atomic mass is 35.5. The first kappa shape index (κ1) is 58.6. The molecule has 0 fully saturated rings. The maximum atomic E-state index is 14.7. The Morgan fingerprint density at radius 1 is 0.620 bits per heavy atom. The van der Waals surface area contributed by atoms with Crippen LogP contribution in [-0.4, -0.2) is 151 Å². The van der Waals surface area contributed by atoms with Crippen molar-refractivity contribution in [3.05, 3.63) is 119 Å². The summed E-state index contributed by atoms with van der Waals surface area (Å²) >= 11 is 0. The number of carboxylic acid groups (broad SMARTS) is 4. The number of carbonyl (C=O) groups excluding carboxylic acids is 2. The number of sulfonamides is 1. The summed E-state index contributed by atoms with van der Waals surface area (Å²) in [5.41, 5.74) is 13.0. The number of ether oxygens (including phenoxy) is 4. The Balaban J connectivity index is 0.0000133. The average Bonchev–Trinajstić information content (AvgIpc) is 3.29. The number of aliphatic carboxylic acids is 4. The first-order valence-electron chi connectivity index (χ1n) is 20.8. The molecule has 0 aliphatic rings. The molecule has 27 heteroatoms. The van der Waals surface area contributed by atoms with Crippen molar-refractivity contribution in [3.8, 4) is 11.5 Å². The summed E-state index contributed by atoms with van der Waals surface area (Å²) in [4.78, 5) is 69.8. The summed E-state index contributed by atoms with van der Waals surface area (Å²) in [7, 11) is -8.98. The number of hydrogen-bond donors (Lipinski definition) is 7. The number of nitrogens with two attached hydrogens (primary N) is 2. The number of carboxylic acids is 4. The van der Waals surface area contributed by atoms with Crippen LogP contribution in [0.15, 0.2) is 97.1 Å². The van der Waals surface area contributed by atoms with Gasteiger partial charge in [-0.05, 0) is 83.9 Å². The Morgan fingerprint density at radius 3 is 1.46 bits per heavy atom. The van der Waals surface area contributed by atoms with Gasteiger partial charge < -0.3 is 56.2 Å². The van der Waals surface area contributed by atoms with Crippen molar-refractivity contribution in [2.24, 2.45) is 0 Å².